The smallest absolute Gasteiger partial charge is 0.351 e. The Balaban J connectivity index is 1.82. The Morgan fingerprint density at radius 1 is 1.45 bits per heavy atom. The number of fused-ring (bicyclic) bond motifs is 1. The zero-order valence-corrected chi connectivity index (χ0v) is 11.8. The van der Waals surface area contributed by atoms with Crippen LogP contribution in [0.5, 0.6) is 0 Å². The second kappa shape index (κ2) is 5.38. The number of hydrogen-bond donors (Lipinski definition) is 3. The molecule has 118 valence electrons. The SMILES string of the molecule is Nc1ncnc2c1ncn2[C@@H]1O[C@H](OCP(=O)(O)O)C=C1F. The van der Waals surface area contributed by atoms with Crippen LogP contribution in [0.15, 0.2) is 24.6 Å². The highest BCUT2D eigenvalue weighted by Gasteiger charge is 2.32. The van der Waals surface area contributed by atoms with Crippen molar-refractivity contribution in [2.45, 2.75) is 12.5 Å². The van der Waals surface area contributed by atoms with Crippen LogP contribution >= 0.6 is 7.60 Å². The van der Waals surface area contributed by atoms with Gasteiger partial charge in [0.25, 0.3) is 0 Å². The summed E-state index contributed by atoms with van der Waals surface area (Å²) in [5.74, 6) is -0.562. The van der Waals surface area contributed by atoms with E-state index in [1.54, 1.807) is 0 Å². The van der Waals surface area contributed by atoms with Gasteiger partial charge in [-0.2, -0.15) is 0 Å². The molecule has 0 spiro atoms. The molecule has 0 bridgehead atoms. The topological polar surface area (TPSA) is 146 Å². The van der Waals surface area contributed by atoms with Gasteiger partial charge in [-0.05, 0) is 0 Å². The van der Waals surface area contributed by atoms with Gasteiger partial charge in [-0.15, -0.1) is 0 Å². The van der Waals surface area contributed by atoms with Crippen molar-refractivity contribution in [1.82, 2.24) is 19.5 Å². The van der Waals surface area contributed by atoms with E-state index in [4.69, 9.17) is 25.0 Å². The van der Waals surface area contributed by atoms with Crippen molar-refractivity contribution in [2.24, 2.45) is 0 Å². The molecule has 0 fully saturated rings. The molecule has 2 aromatic heterocycles. The minimum absolute atomic E-state index is 0.139. The molecule has 0 aliphatic carbocycles. The molecule has 4 N–H and O–H groups in total. The number of imidazole rings is 1. The predicted octanol–water partition coefficient (Wildman–Crippen LogP) is 0.269. The van der Waals surface area contributed by atoms with Crippen LogP contribution in [-0.4, -0.2) is 41.9 Å². The molecule has 22 heavy (non-hydrogen) atoms. The first-order valence-corrected chi connectivity index (χ1v) is 7.77. The Bertz CT molecular complexity index is 789. The van der Waals surface area contributed by atoms with E-state index in [1.165, 1.54) is 17.2 Å². The molecule has 0 radical (unpaired) electrons. The average Bonchev–Trinajstić information content (AvgIpc) is 3.00. The first-order chi connectivity index (χ1) is 10.3. The summed E-state index contributed by atoms with van der Waals surface area (Å²) < 4.78 is 36.1. The van der Waals surface area contributed by atoms with E-state index in [0.29, 0.717) is 5.52 Å². The molecular formula is C10H11FN5O5P. The number of halogens is 1. The highest BCUT2D eigenvalue weighted by Crippen LogP contribution is 2.37. The molecule has 1 aliphatic heterocycles. The second-order valence-corrected chi connectivity index (χ2v) is 6.04. The lowest BCUT2D eigenvalue weighted by atomic mass is 10.4. The van der Waals surface area contributed by atoms with Gasteiger partial charge in [0.1, 0.15) is 11.8 Å². The quantitative estimate of drug-likeness (QED) is 0.672. The summed E-state index contributed by atoms with van der Waals surface area (Å²) in [6.07, 6.45) is 0.133. The van der Waals surface area contributed by atoms with E-state index >= 15 is 0 Å². The summed E-state index contributed by atoms with van der Waals surface area (Å²) in [6.45, 7) is 0. The summed E-state index contributed by atoms with van der Waals surface area (Å²) in [7, 11) is -4.37. The molecule has 0 aromatic carbocycles. The third-order valence-electron chi connectivity index (χ3n) is 2.84. The molecule has 3 rings (SSSR count). The van der Waals surface area contributed by atoms with Crippen LogP contribution in [0.3, 0.4) is 0 Å². The molecule has 2 aromatic rings. The standard InChI is InChI=1S/C10H11FN5O5P/c11-5-1-6(20-4-22(17,18)19)21-10(5)16-3-15-7-8(12)13-2-14-9(7)16/h1-3,6,10H,4H2,(H2,12,13,14)(H2,17,18,19)/t6-,10+/m0/s1. The van der Waals surface area contributed by atoms with Crippen LogP contribution in [0.1, 0.15) is 6.23 Å². The summed E-state index contributed by atoms with van der Waals surface area (Å²) in [4.78, 5) is 29.2. The minimum Gasteiger partial charge on any atom is -0.382 e. The van der Waals surface area contributed by atoms with Gasteiger partial charge in [-0.1, -0.05) is 0 Å². The third-order valence-corrected chi connectivity index (χ3v) is 3.33. The predicted molar refractivity (Wildman–Crippen MR) is 70.8 cm³/mol. The fourth-order valence-electron chi connectivity index (χ4n) is 1.94. The van der Waals surface area contributed by atoms with E-state index in [0.717, 1.165) is 6.08 Å². The van der Waals surface area contributed by atoms with Gasteiger partial charge in [0.2, 0.25) is 0 Å². The highest BCUT2D eigenvalue weighted by molar-refractivity contribution is 7.51. The second-order valence-electron chi connectivity index (χ2n) is 4.45. The zero-order valence-electron chi connectivity index (χ0n) is 10.9. The molecule has 3 heterocycles. The molecule has 2 atom stereocenters. The number of hydrogen-bond acceptors (Lipinski definition) is 7. The molecule has 12 heteroatoms. The van der Waals surface area contributed by atoms with Crippen molar-refractivity contribution in [3.63, 3.8) is 0 Å². The summed E-state index contributed by atoms with van der Waals surface area (Å²) in [5.41, 5.74) is 6.19. The molecule has 0 saturated carbocycles. The van der Waals surface area contributed by atoms with Crippen LogP contribution < -0.4 is 5.73 Å². The van der Waals surface area contributed by atoms with E-state index in [9.17, 15) is 8.96 Å². The van der Waals surface area contributed by atoms with Crippen molar-refractivity contribution in [2.75, 3.05) is 12.1 Å². The number of aromatic nitrogens is 4. The lowest BCUT2D eigenvalue weighted by Crippen LogP contribution is -2.16. The van der Waals surface area contributed by atoms with Gasteiger partial charge in [0.05, 0.1) is 6.33 Å². The van der Waals surface area contributed by atoms with Crippen molar-refractivity contribution in [3.05, 3.63) is 24.6 Å². The van der Waals surface area contributed by atoms with Crippen LogP contribution in [-0.2, 0) is 14.0 Å². The largest absolute Gasteiger partial charge is 0.382 e. The maximum atomic E-state index is 14.0. The highest BCUT2D eigenvalue weighted by atomic mass is 31.2. The number of anilines is 1. The lowest BCUT2D eigenvalue weighted by Gasteiger charge is -2.16. The van der Waals surface area contributed by atoms with Crippen LogP contribution in [0.2, 0.25) is 0 Å². The monoisotopic (exact) mass is 331 g/mol. The number of nitrogens with zero attached hydrogens (tertiary/aromatic N) is 4. The fourth-order valence-corrected chi connectivity index (χ4v) is 2.28. The Kier molecular flexibility index (Phi) is 3.67. The van der Waals surface area contributed by atoms with Crippen molar-refractivity contribution in [3.8, 4) is 0 Å². The first kappa shape index (κ1) is 15.0. The van der Waals surface area contributed by atoms with Crippen LogP contribution in [0, 0.1) is 0 Å². The zero-order chi connectivity index (χ0) is 15.9. The number of ether oxygens (including phenoxy) is 2. The first-order valence-electron chi connectivity index (χ1n) is 5.97. The van der Waals surface area contributed by atoms with Gasteiger partial charge >= 0.3 is 7.60 Å². The maximum absolute atomic E-state index is 14.0. The molecule has 1 aliphatic rings. The molecule has 0 unspecified atom stereocenters. The average molecular weight is 331 g/mol. The summed E-state index contributed by atoms with van der Waals surface area (Å²) in [6, 6.07) is 0. The van der Waals surface area contributed by atoms with Crippen molar-refractivity contribution < 1.29 is 28.2 Å². The lowest BCUT2D eigenvalue weighted by molar-refractivity contribution is -0.130. The molecular weight excluding hydrogens is 320 g/mol. The van der Waals surface area contributed by atoms with Gasteiger partial charge < -0.3 is 25.0 Å². The maximum Gasteiger partial charge on any atom is 0.351 e. The fraction of sp³-hybridized carbons (Fsp3) is 0.300. The Labute approximate surface area is 122 Å². The number of nitrogens with two attached hydrogens (primary N) is 1. The van der Waals surface area contributed by atoms with Gasteiger partial charge in [0, 0.05) is 6.08 Å². The number of nitrogen functional groups attached to an aromatic ring is 1. The minimum atomic E-state index is -4.37. The molecule has 10 nitrogen and oxygen atoms in total. The van der Waals surface area contributed by atoms with E-state index in [1.807, 2.05) is 0 Å². The van der Waals surface area contributed by atoms with Gasteiger partial charge in [0.15, 0.2) is 36.2 Å². The summed E-state index contributed by atoms with van der Waals surface area (Å²) >= 11 is 0. The van der Waals surface area contributed by atoms with Crippen molar-refractivity contribution >= 4 is 24.6 Å². The van der Waals surface area contributed by atoms with Crippen LogP contribution in [0.25, 0.3) is 11.2 Å². The summed E-state index contributed by atoms with van der Waals surface area (Å²) in [5, 5.41) is 0. The van der Waals surface area contributed by atoms with Crippen molar-refractivity contribution in [1.29, 1.82) is 0 Å². The van der Waals surface area contributed by atoms with E-state index in [2.05, 4.69) is 15.0 Å². The van der Waals surface area contributed by atoms with E-state index in [-0.39, 0.29) is 11.5 Å². The normalized spacial score (nSPS) is 22.2. The van der Waals surface area contributed by atoms with Gasteiger partial charge in [-0.25, -0.2) is 19.3 Å². The van der Waals surface area contributed by atoms with Crippen LogP contribution in [0.4, 0.5) is 10.2 Å². The van der Waals surface area contributed by atoms with E-state index < -0.39 is 32.3 Å². The third kappa shape index (κ3) is 2.85. The Morgan fingerprint density at radius 2 is 2.23 bits per heavy atom. The Morgan fingerprint density at radius 3 is 2.95 bits per heavy atom. The van der Waals surface area contributed by atoms with Gasteiger partial charge in [-0.3, -0.25) is 9.13 Å². The Hall–Kier alpha value is -1.91. The number of rotatable bonds is 4. The molecule has 0 amide bonds. The molecule has 0 saturated heterocycles.